The minimum atomic E-state index is 0.921. The van der Waals surface area contributed by atoms with Crippen LogP contribution in [0.25, 0.3) is 0 Å². The van der Waals surface area contributed by atoms with Crippen molar-refractivity contribution in [2.45, 2.75) is 4.37 Å². The molecule has 0 nitrogen and oxygen atoms in total. The Morgan fingerprint density at radius 2 is 2.00 bits per heavy atom. The van der Waals surface area contributed by atoms with Crippen molar-refractivity contribution in [3.63, 3.8) is 0 Å². The van der Waals surface area contributed by atoms with Gasteiger partial charge in [-0.25, -0.2) is 0 Å². The van der Waals surface area contributed by atoms with Crippen LogP contribution in [0.15, 0.2) is 10.9 Å². The summed E-state index contributed by atoms with van der Waals surface area (Å²) in [5, 5.41) is 0. The van der Waals surface area contributed by atoms with Crippen molar-refractivity contribution >= 4 is 47.2 Å². The summed E-state index contributed by atoms with van der Waals surface area (Å²) in [5.74, 6) is 0. The molecule has 0 aliphatic rings. The molecule has 1 unspecified atom stereocenters. The molecule has 0 aromatic heterocycles. The van der Waals surface area contributed by atoms with Crippen LogP contribution in [-0.4, -0.2) is 47.2 Å². The Morgan fingerprint density at radius 1 is 1.57 bits per heavy atom. The molecule has 0 aliphatic heterocycles. The number of hydrogen-bond acceptors (Lipinski definition) is 0. The molecular weight excluding hydrogens is 193 g/mol. The maximum absolute atomic E-state index is 2.44. The quantitative estimate of drug-likeness (QED) is 0.395. The first kappa shape index (κ1) is 7.93. The summed E-state index contributed by atoms with van der Waals surface area (Å²) in [6.45, 7) is 0. The molecular formula is C3H11GeSi3. The van der Waals surface area contributed by atoms with Crippen LogP contribution in [0, 0.1) is 0 Å². The van der Waals surface area contributed by atoms with Gasteiger partial charge in [-0.1, -0.05) is 0 Å². The van der Waals surface area contributed by atoms with E-state index in [9.17, 15) is 0 Å². The molecule has 3 radical (unpaired) electrons. The zero-order valence-electron chi connectivity index (χ0n) is 5.15. The molecule has 1 atom stereocenters. The Balaban J connectivity index is 3.45. The summed E-state index contributed by atoms with van der Waals surface area (Å²) in [6.07, 6.45) is 2.44. The van der Waals surface area contributed by atoms with Crippen LogP contribution in [0.3, 0.4) is 0 Å². The molecule has 0 saturated carbocycles. The molecule has 0 bridgehead atoms. The number of rotatable bonds is 1. The van der Waals surface area contributed by atoms with Gasteiger partial charge in [0.15, 0.2) is 0 Å². The second-order valence-corrected chi connectivity index (χ2v) is 12.8. The molecule has 0 rings (SSSR count). The molecule has 0 amide bonds. The Kier molecular flexibility index (Phi) is 4.40. The van der Waals surface area contributed by atoms with Crippen LogP contribution < -0.4 is 0 Å². The van der Waals surface area contributed by atoms with Gasteiger partial charge >= 0.3 is 62.5 Å². The predicted molar refractivity (Wildman–Crippen MR) is 47.4 cm³/mol. The fourth-order valence-corrected chi connectivity index (χ4v) is 5.60. The van der Waals surface area contributed by atoms with E-state index in [4.69, 9.17) is 0 Å². The topological polar surface area (TPSA) is 0 Å². The molecule has 0 saturated heterocycles. The Hall–Kier alpha value is 0.934. The van der Waals surface area contributed by atoms with E-state index in [2.05, 4.69) is 22.6 Å². The molecule has 0 fully saturated rings. The third-order valence-corrected chi connectivity index (χ3v) is 1.93. The van der Waals surface area contributed by atoms with Crippen LogP contribution in [0.1, 0.15) is 0 Å². The van der Waals surface area contributed by atoms with Crippen molar-refractivity contribution in [1.29, 1.82) is 0 Å². The van der Waals surface area contributed by atoms with Gasteiger partial charge in [0, 0.05) is 0 Å². The van der Waals surface area contributed by atoms with Crippen LogP contribution in [-0.2, 0) is 0 Å². The Labute approximate surface area is 62.6 Å². The van der Waals surface area contributed by atoms with Crippen molar-refractivity contribution in [2.75, 3.05) is 0 Å². The van der Waals surface area contributed by atoms with Crippen LogP contribution in [0.5, 0.6) is 0 Å². The SMILES string of the molecule is [SiH3]C([SiH3])=C[CH]([SiH3])[Ge]. The molecule has 0 heterocycles. The third-order valence-electron chi connectivity index (χ3n) is 0.583. The van der Waals surface area contributed by atoms with E-state index in [1.807, 2.05) is 0 Å². The van der Waals surface area contributed by atoms with Gasteiger partial charge < -0.3 is 0 Å². The zero-order chi connectivity index (χ0) is 5.86. The first-order valence-electron chi connectivity index (χ1n) is 2.49. The number of allylic oxidation sites excluding steroid dienone is 1. The van der Waals surface area contributed by atoms with Crippen molar-refractivity contribution < 1.29 is 0 Å². The van der Waals surface area contributed by atoms with Crippen LogP contribution >= 0.6 is 0 Å². The Morgan fingerprint density at radius 3 is 2.00 bits per heavy atom. The van der Waals surface area contributed by atoms with Gasteiger partial charge in [-0.15, -0.1) is 0 Å². The summed E-state index contributed by atoms with van der Waals surface area (Å²) >= 11 is 2.29. The van der Waals surface area contributed by atoms with Gasteiger partial charge in [0.2, 0.25) is 0 Å². The van der Waals surface area contributed by atoms with Crippen LogP contribution in [0.4, 0.5) is 0 Å². The van der Waals surface area contributed by atoms with Crippen molar-refractivity contribution in [3.8, 4) is 0 Å². The minimum absolute atomic E-state index is 0.921. The molecule has 0 spiro atoms. The molecule has 7 heavy (non-hydrogen) atoms. The second-order valence-electron chi connectivity index (χ2n) is 2.03. The fourth-order valence-electron chi connectivity index (χ4n) is 0.500. The zero-order valence-corrected chi connectivity index (χ0v) is 13.3. The van der Waals surface area contributed by atoms with Gasteiger partial charge in [0.1, 0.15) is 0 Å². The van der Waals surface area contributed by atoms with E-state index in [1.54, 1.807) is 4.82 Å². The van der Waals surface area contributed by atoms with E-state index >= 15 is 0 Å². The van der Waals surface area contributed by atoms with E-state index in [0.29, 0.717) is 0 Å². The average molecular weight is 204 g/mol. The molecule has 0 aliphatic carbocycles. The van der Waals surface area contributed by atoms with Crippen LogP contribution in [0.2, 0.25) is 4.37 Å². The first-order chi connectivity index (χ1) is 3.13. The summed E-state index contributed by atoms with van der Waals surface area (Å²) in [4.78, 5) is 1.72. The fraction of sp³-hybridized carbons (Fsp3) is 0.333. The first-order valence-corrected chi connectivity index (χ1v) is 6.85. The molecule has 0 aromatic carbocycles. The van der Waals surface area contributed by atoms with Crippen molar-refractivity contribution in [3.05, 3.63) is 10.9 Å². The van der Waals surface area contributed by atoms with Gasteiger partial charge in [-0.2, -0.15) is 0 Å². The monoisotopic (exact) mass is 205 g/mol. The van der Waals surface area contributed by atoms with Gasteiger partial charge in [0.05, 0.1) is 0 Å². The van der Waals surface area contributed by atoms with Crippen molar-refractivity contribution in [1.82, 2.24) is 0 Å². The molecule has 0 aromatic rings. The maximum atomic E-state index is 2.44. The third kappa shape index (κ3) is 6.93. The summed E-state index contributed by atoms with van der Waals surface area (Å²) in [5.41, 5.74) is 0. The van der Waals surface area contributed by atoms with E-state index in [-0.39, 0.29) is 0 Å². The van der Waals surface area contributed by atoms with Gasteiger partial charge in [0.25, 0.3) is 0 Å². The predicted octanol–water partition coefficient (Wildman–Crippen LogP) is -3.16. The molecule has 39 valence electrons. The standard InChI is InChI=1S/C3H11GeSi3/c4-2(5)1-3(6)7/h1-2H,5-7H3. The summed E-state index contributed by atoms with van der Waals surface area (Å²) in [6, 6.07) is 0. The second kappa shape index (κ2) is 3.88. The normalized spacial score (nSPS) is 14.4. The summed E-state index contributed by atoms with van der Waals surface area (Å²) in [7, 11) is 3.96. The summed E-state index contributed by atoms with van der Waals surface area (Å²) < 4.78 is 0.921. The number of hydrogen-bond donors (Lipinski definition) is 0. The van der Waals surface area contributed by atoms with Gasteiger partial charge in [-0.3, -0.25) is 0 Å². The van der Waals surface area contributed by atoms with E-state index < -0.39 is 0 Å². The van der Waals surface area contributed by atoms with E-state index in [1.165, 1.54) is 30.7 Å². The van der Waals surface area contributed by atoms with Gasteiger partial charge in [-0.05, 0) is 0 Å². The Bertz CT molecular complexity index is 74.2. The molecule has 0 N–H and O–H groups in total. The van der Waals surface area contributed by atoms with E-state index in [0.717, 1.165) is 4.37 Å². The van der Waals surface area contributed by atoms with Crippen molar-refractivity contribution in [2.24, 2.45) is 0 Å². The average Bonchev–Trinajstić information content (AvgIpc) is 1.27. The molecule has 4 heteroatoms.